The van der Waals surface area contributed by atoms with E-state index in [0.717, 1.165) is 9.88 Å². The molecule has 0 unspecified atom stereocenters. The normalized spacial score (nSPS) is 11.9. The van der Waals surface area contributed by atoms with E-state index >= 15 is 0 Å². The van der Waals surface area contributed by atoms with Crippen molar-refractivity contribution in [2.24, 2.45) is 0 Å². The Hall–Kier alpha value is -0.740. The molecule has 0 aliphatic rings. The Morgan fingerprint density at radius 2 is 2.32 bits per heavy atom. The zero-order chi connectivity index (χ0) is 14.0. The molecule has 0 atom stereocenters. The van der Waals surface area contributed by atoms with Gasteiger partial charge in [0.25, 0.3) is 0 Å². The van der Waals surface area contributed by atoms with Crippen LogP contribution in [0.3, 0.4) is 0 Å². The third-order valence-electron chi connectivity index (χ3n) is 2.26. The molecule has 0 radical (unpaired) electrons. The lowest BCUT2D eigenvalue weighted by Crippen LogP contribution is -2.22. The Morgan fingerprint density at radius 1 is 1.58 bits per heavy atom. The molecule has 2 aromatic heterocycles. The number of aliphatic hydroxyl groups is 1. The maximum atomic E-state index is 12.1. The van der Waals surface area contributed by atoms with Crippen molar-refractivity contribution in [2.45, 2.75) is 25.0 Å². The van der Waals surface area contributed by atoms with E-state index in [-0.39, 0.29) is 28.5 Å². The van der Waals surface area contributed by atoms with Crippen molar-refractivity contribution in [3.05, 3.63) is 32.6 Å². The van der Waals surface area contributed by atoms with E-state index in [1.807, 2.05) is 6.92 Å². The van der Waals surface area contributed by atoms with Crippen LogP contribution in [0.1, 0.15) is 15.6 Å². The molecule has 0 spiro atoms. The van der Waals surface area contributed by atoms with Gasteiger partial charge in [-0.25, -0.2) is 18.1 Å². The van der Waals surface area contributed by atoms with Gasteiger partial charge in [-0.2, -0.15) is 0 Å². The Bertz CT molecular complexity index is 678. The van der Waals surface area contributed by atoms with Crippen molar-refractivity contribution in [1.82, 2.24) is 9.71 Å². The number of aromatic nitrogens is 1. The first-order valence-electron chi connectivity index (χ1n) is 5.22. The number of aliphatic hydroxyl groups excluding tert-OH is 1. The van der Waals surface area contributed by atoms with Crippen LogP contribution >= 0.6 is 27.3 Å². The van der Waals surface area contributed by atoms with Crippen LogP contribution < -0.4 is 4.72 Å². The Balaban J connectivity index is 2.15. The number of halogens is 1. The van der Waals surface area contributed by atoms with E-state index in [9.17, 15) is 8.42 Å². The number of hydrogen-bond donors (Lipinski definition) is 2. The molecular weight excluding hydrogens is 356 g/mol. The Kier molecular flexibility index (Phi) is 4.41. The molecule has 9 heteroatoms. The summed E-state index contributed by atoms with van der Waals surface area (Å²) in [6.07, 6.45) is 1.63. The molecule has 104 valence electrons. The molecule has 2 N–H and O–H groups in total. The monoisotopic (exact) mass is 366 g/mol. The first-order valence-corrected chi connectivity index (χ1v) is 8.31. The second-order valence-electron chi connectivity index (χ2n) is 3.68. The van der Waals surface area contributed by atoms with Crippen molar-refractivity contribution in [1.29, 1.82) is 0 Å². The zero-order valence-electron chi connectivity index (χ0n) is 9.88. The molecule has 2 aromatic rings. The molecule has 6 nitrogen and oxygen atoms in total. The van der Waals surface area contributed by atoms with Gasteiger partial charge in [0.1, 0.15) is 17.3 Å². The summed E-state index contributed by atoms with van der Waals surface area (Å²) in [7, 11) is -3.69. The van der Waals surface area contributed by atoms with Gasteiger partial charge in [0.15, 0.2) is 4.67 Å². The van der Waals surface area contributed by atoms with Gasteiger partial charge >= 0.3 is 0 Å². The minimum Gasteiger partial charge on any atom is -0.450 e. The van der Waals surface area contributed by atoms with E-state index in [0.29, 0.717) is 0 Å². The largest absolute Gasteiger partial charge is 0.450 e. The van der Waals surface area contributed by atoms with Gasteiger partial charge in [-0.3, -0.25) is 0 Å². The van der Waals surface area contributed by atoms with Crippen LogP contribution in [-0.4, -0.2) is 18.5 Å². The minimum atomic E-state index is -3.69. The quantitative estimate of drug-likeness (QED) is 0.841. The summed E-state index contributed by atoms with van der Waals surface area (Å²) in [6.45, 7) is 1.66. The predicted octanol–water partition coefficient (Wildman–Crippen LogP) is 1.78. The summed E-state index contributed by atoms with van der Waals surface area (Å²) in [6, 6.07) is 1.28. The van der Waals surface area contributed by atoms with Gasteiger partial charge in [-0.05, 0) is 22.9 Å². The highest BCUT2D eigenvalue weighted by Gasteiger charge is 2.22. The second-order valence-corrected chi connectivity index (χ2v) is 7.45. The summed E-state index contributed by atoms with van der Waals surface area (Å²) < 4.78 is 31.7. The fourth-order valence-corrected chi connectivity index (χ4v) is 4.22. The summed E-state index contributed by atoms with van der Waals surface area (Å²) in [5.41, 5.74) is 0. The van der Waals surface area contributed by atoms with E-state index in [4.69, 9.17) is 9.52 Å². The molecule has 0 aliphatic heterocycles. The lowest BCUT2D eigenvalue weighted by molar-refractivity contribution is 0.245. The van der Waals surface area contributed by atoms with E-state index < -0.39 is 10.0 Å². The zero-order valence-corrected chi connectivity index (χ0v) is 13.1. The van der Waals surface area contributed by atoms with E-state index in [1.165, 1.54) is 17.4 Å². The van der Waals surface area contributed by atoms with Crippen molar-refractivity contribution < 1.29 is 17.9 Å². The van der Waals surface area contributed by atoms with Crippen molar-refractivity contribution in [2.75, 3.05) is 0 Å². The molecule has 0 bridgehead atoms. The average Bonchev–Trinajstić information content (AvgIpc) is 2.93. The van der Waals surface area contributed by atoms with Crippen molar-refractivity contribution in [3.63, 3.8) is 0 Å². The van der Waals surface area contributed by atoms with E-state index in [2.05, 4.69) is 25.6 Å². The van der Waals surface area contributed by atoms with E-state index in [1.54, 1.807) is 6.20 Å². The van der Waals surface area contributed by atoms with Crippen LogP contribution in [-0.2, 0) is 23.2 Å². The molecule has 0 saturated carbocycles. The SMILES string of the molecule is Cc1ncc(CNS(=O)(=O)c2cc(CO)oc2Br)s1. The highest BCUT2D eigenvalue weighted by molar-refractivity contribution is 9.10. The van der Waals surface area contributed by atoms with Crippen LogP contribution in [0.4, 0.5) is 0 Å². The molecular formula is C10H11BrN2O4S2. The number of thiazole rings is 1. The first kappa shape index (κ1) is 14.7. The van der Waals surface area contributed by atoms with Gasteiger partial charge in [0.2, 0.25) is 10.0 Å². The molecule has 0 aromatic carbocycles. The maximum Gasteiger partial charge on any atom is 0.245 e. The standard InChI is InChI=1S/C10H11BrN2O4S2/c1-6-12-3-8(18-6)4-13-19(15,16)9-2-7(5-14)17-10(9)11/h2-3,13-14H,4-5H2,1H3. The number of sulfonamides is 1. The highest BCUT2D eigenvalue weighted by Crippen LogP contribution is 2.26. The molecule has 19 heavy (non-hydrogen) atoms. The van der Waals surface area contributed by atoms with Crippen LogP contribution in [0.2, 0.25) is 0 Å². The van der Waals surface area contributed by atoms with Crippen LogP contribution in [0.15, 0.2) is 26.2 Å². The molecule has 0 fully saturated rings. The highest BCUT2D eigenvalue weighted by atomic mass is 79.9. The van der Waals surface area contributed by atoms with Gasteiger partial charge in [-0.1, -0.05) is 0 Å². The topological polar surface area (TPSA) is 92.4 Å². The molecule has 2 rings (SSSR count). The third-order valence-corrected chi connectivity index (χ3v) is 5.43. The average molecular weight is 367 g/mol. The Morgan fingerprint density at radius 3 is 2.84 bits per heavy atom. The third kappa shape index (κ3) is 3.42. The first-order chi connectivity index (χ1) is 8.92. The van der Waals surface area contributed by atoms with Crippen molar-refractivity contribution in [3.8, 4) is 0 Å². The number of hydrogen-bond acceptors (Lipinski definition) is 6. The lowest BCUT2D eigenvalue weighted by Gasteiger charge is -2.02. The van der Waals surface area contributed by atoms with Gasteiger partial charge in [-0.15, -0.1) is 11.3 Å². The fraction of sp³-hybridized carbons (Fsp3) is 0.300. The van der Waals surface area contributed by atoms with Crippen LogP contribution in [0, 0.1) is 6.92 Å². The number of aryl methyl sites for hydroxylation is 1. The fourth-order valence-electron chi connectivity index (χ4n) is 1.39. The van der Waals surface area contributed by atoms with Gasteiger partial charge < -0.3 is 9.52 Å². The van der Waals surface area contributed by atoms with Crippen LogP contribution in [0.5, 0.6) is 0 Å². The maximum absolute atomic E-state index is 12.1. The summed E-state index contributed by atoms with van der Waals surface area (Å²) in [5.74, 6) is 0.181. The summed E-state index contributed by atoms with van der Waals surface area (Å²) in [5, 5.41) is 9.79. The molecule has 0 amide bonds. The predicted molar refractivity (Wildman–Crippen MR) is 73.2 cm³/mol. The number of rotatable bonds is 5. The molecule has 0 saturated heterocycles. The summed E-state index contributed by atoms with van der Waals surface area (Å²) in [4.78, 5) is 4.84. The number of nitrogens with zero attached hydrogens (tertiary/aromatic N) is 1. The van der Waals surface area contributed by atoms with Crippen LogP contribution in [0.25, 0.3) is 0 Å². The minimum absolute atomic E-state index is 0.0298. The Labute approximate surface area is 122 Å². The number of nitrogens with one attached hydrogen (secondary N) is 1. The summed E-state index contributed by atoms with van der Waals surface area (Å²) >= 11 is 4.44. The second kappa shape index (κ2) is 5.71. The van der Waals surface area contributed by atoms with Crippen molar-refractivity contribution >= 4 is 37.3 Å². The lowest BCUT2D eigenvalue weighted by atomic mass is 10.5. The molecule has 0 aliphatic carbocycles. The number of furan rings is 1. The smallest absolute Gasteiger partial charge is 0.245 e. The van der Waals surface area contributed by atoms with Gasteiger partial charge in [0.05, 0.1) is 5.01 Å². The van der Waals surface area contributed by atoms with Gasteiger partial charge in [0, 0.05) is 23.7 Å². The molecule has 2 heterocycles.